The number of aryl methyl sites for hydroxylation is 1. The van der Waals surface area contributed by atoms with E-state index in [-0.39, 0.29) is 47.8 Å². The molecule has 4 aliphatic rings. The van der Waals surface area contributed by atoms with Gasteiger partial charge in [0.15, 0.2) is 18.2 Å². The predicted octanol–water partition coefficient (Wildman–Crippen LogP) is 3.29. The van der Waals surface area contributed by atoms with Gasteiger partial charge in [-0.3, -0.25) is 39.0 Å². The van der Waals surface area contributed by atoms with Crippen molar-refractivity contribution in [1.82, 2.24) is 35.0 Å². The smallest absolute Gasteiger partial charge is 0.293 e. The fraction of sp³-hybridized carbons (Fsp3) is 0.429. The van der Waals surface area contributed by atoms with Gasteiger partial charge in [0.25, 0.3) is 23.3 Å². The lowest BCUT2D eigenvalue weighted by molar-refractivity contribution is -0.136. The molecule has 4 aromatic rings. The minimum absolute atomic E-state index is 0.0730. The Hall–Kier alpha value is -6.07. The number of carbonyl (C=O) groups excluding carboxylic acids is 5. The number of imide groups is 2. The van der Waals surface area contributed by atoms with Gasteiger partial charge in [0, 0.05) is 63.5 Å². The number of likely N-dealkylation sites (N-methyl/N-ethyl adjacent to an activating group) is 1. The number of hydrogen-bond donors (Lipinski definition) is 4. The van der Waals surface area contributed by atoms with Gasteiger partial charge >= 0.3 is 0 Å². The molecule has 1 unspecified atom stereocenters. The van der Waals surface area contributed by atoms with Crippen LogP contribution in [0.5, 0.6) is 5.75 Å². The Labute approximate surface area is 350 Å². The molecular weight excluding hydrogens is 792 g/mol. The van der Waals surface area contributed by atoms with Crippen molar-refractivity contribution in [2.45, 2.75) is 44.6 Å². The van der Waals surface area contributed by atoms with Crippen LogP contribution in [0.3, 0.4) is 0 Å². The number of benzene rings is 2. The van der Waals surface area contributed by atoms with Crippen molar-refractivity contribution in [2.24, 2.45) is 18.9 Å². The van der Waals surface area contributed by atoms with Crippen LogP contribution in [0, 0.1) is 11.8 Å². The van der Waals surface area contributed by atoms with Crippen LogP contribution in [0.1, 0.15) is 59.2 Å². The van der Waals surface area contributed by atoms with Crippen molar-refractivity contribution in [3.05, 3.63) is 75.2 Å². The van der Waals surface area contributed by atoms with E-state index in [9.17, 15) is 28.8 Å². The summed E-state index contributed by atoms with van der Waals surface area (Å²) in [6.45, 7) is 5.01. The average molecular weight is 839 g/mol. The maximum Gasteiger partial charge on any atom is 0.293 e. The third-order valence-corrected chi connectivity index (χ3v) is 12.3. The number of carbonyl (C=O) groups is 5. The van der Waals surface area contributed by atoms with E-state index in [0.29, 0.717) is 52.1 Å². The molecule has 2 aromatic carbocycles. The van der Waals surface area contributed by atoms with Gasteiger partial charge in [-0.25, -0.2) is 4.98 Å². The number of hydrogen-bond acceptors (Lipinski definition) is 13. The van der Waals surface area contributed by atoms with E-state index < -0.39 is 29.7 Å². The van der Waals surface area contributed by atoms with Gasteiger partial charge in [-0.15, -0.1) is 0 Å². The van der Waals surface area contributed by atoms with E-state index in [0.717, 1.165) is 68.7 Å². The molecule has 1 atom stereocenters. The molecule has 8 rings (SSSR count). The van der Waals surface area contributed by atoms with Crippen LogP contribution in [-0.4, -0.2) is 113 Å². The number of aromatic nitrogens is 3. The lowest BCUT2D eigenvalue weighted by Gasteiger charge is -2.38. The number of amides is 5. The van der Waals surface area contributed by atoms with Crippen molar-refractivity contribution in [1.29, 1.82) is 0 Å². The molecule has 0 bridgehead atoms. The number of nitrogens with one attached hydrogen (secondary N) is 4. The molecule has 2 aromatic heterocycles. The summed E-state index contributed by atoms with van der Waals surface area (Å²) in [6.07, 6.45) is 5.83. The number of rotatable bonds is 12. The SMILES string of the molecule is CNC(=O)COc1cc2cc(Nc3nc(N4CCC(CN5CCC(CNc6cccc7c6C(=O)N(C6CCC(=O)NC6=O)C7=O)CC5)CC4)ncc3Cl)ccc2n(C)c1=O. The molecule has 0 radical (unpaired) electrons. The van der Waals surface area contributed by atoms with Crippen molar-refractivity contribution < 1.29 is 28.7 Å². The lowest BCUT2D eigenvalue weighted by atomic mass is 9.92. The fourth-order valence-corrected chi connectivity index (χ4v) is 8.69. The van der Waals surface area contributed by atoms with Crippen LogP contribution >= 0.6 is 11.6 Å². The van der Waals surface area contributed by atoms with Crippen molar-refractivity contribution in [3.8, 4) is 5.75 Å². The van der Waals surface area contributed by atoms with Gasteiger partial charge in [0.2, 0.25) is 17.8 Å². The van der Waals surface area contributed by atoms with E-state index in [1.54, 1.807) is 37.5 Å². The minimum Gasteiger partial charge on any atom is -0.478 e. The second kappa shape index (κ2) is 17.3. The Morgan fingerprint density at radius 1 is 0.950 bits per heavy atom. The Kier molecular flexibility index (Phi) is 11.7. The molecule has 0 aliphatic carbocycles. The molecule has 0 spiro atoms. The van der Waals surface area contributed by atoms with Gasteiger partial charge in [-0.05, 0) is 93.4 Å². The van der Waals surface area contributed by atoms with E-state index in [1.807, 2.05) is 18.2 Å². The third kappa shape index (κ3) is 8.36. The van der Waals surface area contributed by atoms with E-state index >= 15 is 0 Å². The maximum atomic E-state index is 13.5. The molecule has 4 N–H and O–H groups in total. The molecule has 0 saturated carbocycles. The maximum absolute atomic E-state index is 13.5. The highest BCUT2D eigenvalue weighted by Crippen LogP contribution is 2.34. The van der Waals surface area contributed by atoms with Crippen molar-refractivity contribution >= 4 is 75.2 Å². The number of nitrogens with zero attached hydrogens (tertiary/aromatic N) is 6. The largest absolute Gasteiger partial charge is 0.478 e. The van der Waals surface area contributed by atoms with Crippen LogP contribution in [0.25, 0.3) is 10.9 Å². The van der Waals surface area contributed by atoms with Gasteiger partial charge in [-0.2, -0.15) is 4.98 Å². The molecule has 5 amide bonds. The standard InChI is InChI=1S/C42H47ClN10O7/c1-44-35(55)23-60-33-19-26-18-27(6-7-31(26)50(2)40(33)58)47-37-29(43)21-46-42(49-37)52-16-12-25(13-17-52)22-51-14-10-24(11-15-51)20-45-30-5-3-4-28-36(30)41(59)53(39(28)57)32-8-9-34(54)48-38(32)56/h3-7,18-19,21,24-25,32,45H,8-17,20,22-23H2,1-2H3,(H,44,55)(H,46,47,49)(H,48,54,56). The molecule has 6 heterocycles. The normalized spacial score (nSPS) is 19.1. The fourth-order valence-electron chi connectivity index (χ4n) is 8.55. The average Bonchev–Trinajstić information content (AvgIpc) is 3.51. The summed E-state index contributed by atoms with van der Waals surface area (Å²) in [5.74, 6) is -0.295. The van der Waals surface area contributed by atoms with E-state index in [2.05, 4.69) is 36.1 Å². The predicted molar refractivity (Wildman–Crippen MR) is 225 cm³/mol. The number of fused-ring (bicyclic) bond motifs is 2. The zero-order valence-corrected chi connectivity index (χ0v) is 34.2. The summed E-state index contributed by atoms with van der Waals surface area (Å²) in [5, 5.41) is 12.6. The zero-order valence-electron chi connectivity index (χ0n) is 33.5. The van der Waals surface area contributed by atoms with Gasteiger partial charge in [0.05, 0.1) is 22.8 Å². The highest BCUT2D eigenvalue weighted by atomic mass is 35.5. The van der Waals surface area contributed by atoms with Crippen molar-refractivity contribution in [2.75, 3.05) is 68.5 Å². The number of pyridine rings is 1. The monoisotopic (exact) mass is 838 g/mol. The summed E-state index contributed by atoms with van der Waals surface area (Å²) in [7, 11) is 3.16. The highest BCUT2D eigenvalue weighted by Gasteiger charge is 2.45. The molecule has 4 aliphatic heterocycles. The number of piperidine rings is 3. The topological polar surface area (TPSA) is 200 Å². The summed E-state index contributed by atoms with van der Waals surface area (Å²) in [4.78, 5) is 90.5. The quantitative estimate of drug-likeness (QED) is 0.152. The minimum atomic E-state index is -0.995. The van der Waals surface area contributed by atoms with Crippen LogP contribution in [0.15, 0.2) is 53.5 Å². The highest BCUT2D eigenvalue weighted by molar-refractivity contribution is 6.33. The Morgan fingerprint density at radius 2 is 1.72 bits per heavy atom. The summed E-state index contributed by atoms with van der Waals surface area (Å²) >= 11 is 6.56. The second-order valence-electron chi connectivity index (χ2n) is 15.8. The number of likely N-dealkylation sites (tertiary alicyclic amines) is 1. The van der Waals surface area contributed by atoms with Gasteiger partial charge in [-0.1, -0.05) is 17.7 Å². The number of halogens is 1. The van der Waals surface area contributed by atoms with E-state index in [1.165, 1.54) is 11.6 Å². The Morgan fingerprint density at radius 3 is 2.47 bits per heavy atom. The second-order valence-corrected chi connectivity index (χ2v) is 16.2. The molecule has 314 valence electrons. The van der Waals surface area contributed by atoms with Crippen LogP contribution in [0.2, 0.25) is 5.02 Å². The first kappa shape index (κ1) is 40.7. The first-order valence-electron chi connectivity index (χ1n) is 20.3. The third-order valence-electron chi connectivity index (χ3n) is 12.0. The lowest BCUT2D eigenvalue weighted by Crippen LogP contribution is -2.54. The molecule has 60 heavy (non-hydrogen) atoms. The first-order chi connectivity index (χ1) is 29.0. The molecule has 3 fully saturated rings. The summed E-state index contributed by atoms with van der Waals surface area (Å²) in [5.41, 5.74) is 2.21. The number of ether oxygens (including phenoxy) is 1. The first-order valence-corrected chi connectivity index (χ1v) is 20.7. The van der Waals surface area contributed by atoms with Gasteiger partial charge < -0.3 is 35.1 Å². The van der Waals surface area contributed by atoms with E-state index in [4.69, 9.17) is 21.3 Å². The number of anilines is 4. The van der Waals surface area contributed by atoms with Crippen LogP contribution in [0.4, 0.5) is 23.1 Å². The van der Waals surface area contributed by atoms with Crippen LogP contribution in [-0.2, 0) is 21.4 Å². The van der Waals surface area contributed by atoms with Crippen molar-refractivity contribution in [3.63, 3.8) is 0 Å². The van der Waals surface area contributed by atoms with Gasteiger partial charge in [0.1, 0.15) is 11.1 Å². The molecular formula is C42H47ClN10O7. The summed E-state index contributed by atoms with van der Waals surface area (Å²) < 4.78 is 6.98. The Balaban J connectivity index is 0.814. The summed E-state index contributed by atoms with van der Waals surface area (Å²) in [6, 6.07) is 11.3. The zero-order chi connectivity index (χ0) is 42.1. The molecule has 18 heteroatoms. The molecule has 17 nitrogen and oxygen atoms in total. The van der Waals surface area contributed by atoms with Crippen LogP contribution < -0.4 is 36.5 Å². The Bertz CT molecular complexity index is 2430. The molecule has 3 saturated heterocycles.